The summed E-state index contributed by atoms with van der Waals surface area (Å²) >= 11 is 1.40. The van der Waals surface area contributed by atoms with Gasteiger partial charge in [0.2, 0.25) is 0 Å². The highest BCUT2D eigenvalue weighted by Crippen LogP contribution is 2.33. The summed E-state index contributed by atoms with van der Waals surface area (Å²) in [4.78, 5) is 11.9. The van der Waals surface area contributed by atoms with Crippen molar-refractivity contribution < 1.29 is 4.39 Å². The van der Waals surface area contributed by atoms with E-state index in [4.69, 9.17) is 10.7 Å². The summed E-state index contributed by atoms with van der Waals surface area (Å²) in [5.74, 6) is 0.658. The Kier molecular flexibility index (Phi) is 6.57. The SMILES string of the molecule is C=C(C)C(F)CSc1nc2c(N)nc3ccccc3c2n1Cc1ccc(CN2CCCC2)cc1. The molecule has 1 aliphatic rings. The molecule has 0 saturated carbocycles. The van der Waals surface area contributed by atoms with E-state index in [9.17, 15) is 4.39 Å². The van der Waals surface area contributed by atoms with E-state index in [0.717, 1.165) is 28.1 Å². The number of allylic oxidation sites excluding steroid dienone is 1. The van der Waals surface area contributed by atoms with Crippen LogP contribution in [0.3, 0.4) is 0 Å². The lowest BCUT2D eigenvalue weighted by atomic mass is 10.1. The molecule has 0 amide bonds. The second-order valence-corrected chi connectivity index (χ2v) is 10.1. The lowest BCUT2D eigenvalue weighted by Crippen LogP contribution is -2.18. The molecule has 1 aliphatic heterocycles. The Morgan fingerprint density at radius 2 is 1.74 bits per heavy atom. The predicted molar refractivity (Wildman–Crippen MR) is 140 cm³/mol. The highest BCUT2D eigenvalue weighted by molar-refractivity contribution is 7.99. The maximum atomic E-state index is 14.4. The first-order chi connectivity index (χ1) is 16.5. The Morgan fingerprint density at radius 3 is 2.44 bits per heavy atom. The third-order valence-corrected chi connectivity index (χ3v) is 7.47. The number of halogens is 1. The lowest BCUT2D eigenvalue weighted by Gasteiger charge is -2.15. The number of hydrogen-bond donors (Lipinski definition) is 1. The standard InChI is InChI=1S/C27H30FN5S/c1-18(2)22(28)17-34-27-31-24-25(21-7-3-4-8-23(21)30-26(24)29)33(27)16-20-11-9-19(10-12-20)15-32-13-5-6-14-32/h3-4,7-12,22H,1,5-6,13-17H2,2H3,(H2,29,30). The van der Waals surface area contributed by atoms with Gasteiger partial charge in [-0.15, -0.1) is 0 Å². The topological polar surface area (TPSA) is 60.0 Å². The van der Waals surface area contributed by atoms with Crippen LogP contribution in [0.15, 0.2) is 65.8 Å². The zero-order valence-corrected chi connectivity index (χ0v) is 20.3. The highest BCUT2D eigenvalue weighted by Gasteiger charge is 2.20. The van der Waals surface area contributed by atoms with E-state index >= 15 is 0 Å². The first-order valence-corrected chi connectivity index (χ1v) is 12.7. The molecule has 7 heteroatoms. The van der Waals surface area contributed by atoms with Gasteiger partial charge >= 0.3 is 0 Å². The van der Waals surface area contributed by atoms with Crippen LogP contribution in [0.4, 0.5) is 10.2 Å². The molecular formula is C27H30FN5S. The number of likely N-dealkylation sites (tertiary alicyclic amines) is 1. The van der Waals surface area contributed by atoms with Gasteiger partial charge in [0, 0.05) is 17.7 Å². The zero-order chi connectivity index (χ0) is 23.7. The van der Waals surface area contributed by atoms with Crippen LogP contribution in [0, 0.1) is 0 Å². The largest absolute Gasteiger partial charge is 0.382 e. The molecule has 176 valence electrons. The van der Waals surface area contributed by atoms with Gasteiger partial charge in [-0.3, -0.25) is 4.90 Å². The number of nitrogens with zero attached hydrogens (tertiary/aromatic N) is 4. The molecule has 4 aromatic rings. The van der Waals surface area contributed by atoms with E-state index in [2.05, 4.69) is 45.3 Å². The maximum Gasteiger partial charge on any atom is 0.169 e. The average Bonchev–Trinajstić information content (AvgIpc) is 3.47. The van der Waals surface area contributed by atoms with E-state index in [1.165, 1.54) is 48.8 Å². The van der Waals surface area contributed by atoms with Crippen LogP contribution in [0.1, 0.15) is 30.9 Å². The van der Waals surface area contributed by atoms with Gasteiger partial charge in [-0.25, -0.2) is 14.4 Å². The Balaban J connectivity index is 1.52. The summed E-state index contributed by atoms with van der Waals surface area (Å²) in [5, 5.41) is 1.73. The third kappa shape index (κ3) is 4.68. The number of nitrogens with two attached hydrogens (primary N) is 1. The van der Waals surface area contributed by atoms with Crippen molar-refractivity contribution in [3.8, 4) is 0 Å². The fourth-order valence-corrected chi connectivity index (χ4v) is 5.56. The van der Waals surface area contributed by atoms with E-state index in [0.29, 0.717) is 23.5 Å². The van der Waals surface area contributed by atoms with Gasteiger partial charge in [-0.05, 0) is 55.6 Å². The van der Waals surface area contributed by atoms with Crippen LogP contribution in [-0.4, -0.2) is 44.4 Å². The molecule has 2 aromatic carbocycles. The van der Waals surface area contributed by atoms with Crippen molar-refractivity contribution in [2.24, 2.45) is 0 Å². The number of nitrogen functional groups attached to an aromatic ring is 1. The van der Waals surface area contributed by atoms with Crippen molar-refractivity contribution in [3.63, 3.8) is 0 Å². The molecule has 1 atom stereocenters. The van der Waals surface area contributed by atoms with Crippen molar-refractivity contribution in [3.05, 3.63) is 71.8 Å². The van der Waals surface area contributed by atoms with Crippen LogP contribution >= 0.6 is 11.8 Å². The Bertz CT molecular complexity index is 1320. The molecule has 0 spiro atoms. The van der Waals surface area contributed by atoms with Crippen LogP contribution in [-0.2, 0) is 13.1 Å². The van der Waals surface area contributed by atoms with Crippen molar-refractivity contribution in [1.29, 1.82) is 0 Å². The van der Waals surface area contributed by atoms with Crippen molar-refractivity contribution in [2.45, 2.75) is 44.2 Å². The number of anilines is 1. The van der Waals surface area contributed by atoms with Gasteiger partial charge in [-0.1, -0.05) is 60.8 Å². The highest BCUT2D eigenvalue weighted by atomic mass is 32.2. The monoisotopic (exact) mass is 475 g/mol. The summed E-state index contributed by atoms with van der Waals surface area (Å²) in [6.45, 7) is 9.47. The molecule has 0 bridgehead atoms. The number of hydrogen-bond acceptors (Lipinski definition) is 5. The van der Waals surface area contributed by atoms with Crippen LogP contribution in [0.25, 0.3) is 21.9 Å². The zero-order valence-electron chi connectivity index (χ0n) is 19.5. The minimum Gasteiger partial charge on any atom is -0.382 e. The second-order valence-electron chi connectivity index (χ2n) is 9.12. The smallest absolute Gasteiger partial charge is 0.169 e. The normalized spacial score (nSPS) is 15.4. The first kappa shape index (κ1) is 22.9. The first-order valence-electron chi connectivity index (χ1n) is 11.8. The fourth-order valence-electron chi connectivity index (χ4n) is 4.52. The van der Waals surface area contributed by atoms with E-state index in [-0.39, 0.29) is 5.75 Å². The van der Waals surface area contributed by atoms with Gasteiger partial charge < -0.3 is 10.3 Å². The molecule has 1 fully saturated rings. The van der Waals surface area contributed by atoms with Gasteiger partial charge in [0.25, 0.3) is 0 Å². The molecule has 5 nitrogen and oxygen atoms in total. The summed E-state index contributed by atoms with van der Waals surface area (Å²) in [5.41, 5.74) is 11.8. The van der Waals surface area contributed by atoms with E-state index in [1.54, 1.807) is 6.92 Å². The Labute approximate surface area is 203 Å². The molecule has 1 saturated heterocycles. The number of pyridine rings is 1. The molecule has 2 N–H and O–H groups in total. The molecule has 3 heterocycles. The van der Waals surface area contributed by atoms with Crippen molar-refractivity contribution in [2.75, 3.05) is 24.6 Å². The number of fused-ring (bicyclic) bond motifs is 3. The number of imidazole rings is 1. The van der Waals surface area contributed by atoms with Gasteiger partial charge in [-0.2, -0.15) is 0 Å². The number of rotatable bonds is 8. The predicted octanol–water partition coefficient (Wildman–Crippen LogP) is 5.82. The van der Waals surface area contributed by atoms with Crippen LogP contribution in [0.5, 0.6) is 0 Å². The molecule has 1 unspecified atom stereocenters. The summed E-state index contributed by atoms with van der Waals surface area (Å²) in [6, 6.07) is 16.8. The molecular weight excluding hydrogens is 445 g/mol. The maximum absolute atomic E-state index is 14.4. The Hall–Kier alpha value is -2.90. The fraction of sp³-hybridized carbons (Fsp3) is 0.333. The number of benzene rings is 2. The van der Waals surface area contributed by atoms with E-state index < -0.39 is 6.17 Å². The number of para-hydroxylation sites is 1. The number of aromatic nitrogens is 3. The number of alkyl halides is 1. The van der Waals surface area contributed by atoms with Crippen LogP contribution < -0.4 is 5.73 Å². The second kappa shape index (κ2) is 9.76. The minimum atomic E-state index is -1.09. The number of thioether (sulfide) groups is 1. The molecule has 2 aromatic heterocycles. The quantitative estimate of drug-likeness (QED) is 0.257. The minimum absolute atomic E-state index is 0.263. The average molecular weight is 476 g/mol. The third-order valence-electron chi connectivity index (χ3n) is 6.44. The Morgan fingerprint density at radius 1 is 1.06 bits per heavy atom. The molecule has 0 radical (unpaired) electrons. The van der Waals surface area contributed by atoms with Crippen molar-refractivity contribution in [1.82, 2.24) is 19.4 Å². The van der Waals surface area contributed by atoms with Gasteiger partial charge in [0.15, 0.2) is 11.0 Å². The van der Waals surface area contributed by atoms with E-state index in [1.807, 2.05) is 24.3 Å². The lowest BCUT2D eigenvalue weighted by molar-refractivity contribution is 0.331. The van der Waals surface area contributed by atoms with Crippen LogP contribution in [0.2, 0.25) is 0 Å². The molecule has 5 rings (SSSR count). The summed E-state index contributed by atoms with van der Waals surface area (Å²) in [6.07, 6.45) is 1.50. The van der Waals surface area contributed by atoms with Crippen molar-refractivity contribution >= 4 is 39.5 Å². The summed E-state index contributed by atoms with van der Waals surface area (Å²) in [7, 11) is 0. The molecule has 34 heavy (non-hydrogen) atoms. The van der Waals surface area contributed by atoms with Gasteiger partial charge in [0.1, 0.15) is 11.7 Å². The molecule has 0 aliphatic carbocycles. The van der Waals surface area contributed by atoms with Gasteiger partial charge in [0.05, 0.1) is 17.6 Å². The summed E-state index contributed by atoms with van der Waals surface area (Å²) < 4.78 is 16.5.